The smallest absolute Gasteiger partial charge is 0.306 e. The van der Waals surface area contributed by atoms with Gasteiger partial charge in [-0.2, -0.15) is 0 Å². The number of carboxylic acids is 1. The van der Waals surface area contributed by atoms with Crippen LogP contribution in [0.1, 0.15) is 99.3 Å². The van der Waals surface area contributed by atoms with Crippen LogP contribution in [0.4, 0.5) is 0 Å². The Morgan fingerprint density at radius 1 is 0.906 bits per heavy atom. The second-order valence-corrected chi connectivity index (χ2v) is 14.4. The van der Waals surface area contributed by atoms with Crippen molar-refractivity contribution in [2.45, 2.75) is 105 Å². The predicted octanol–water partition coefficient (Wildman–Crippen LogP) is 6.70. The zero-order chi connectivity index (χ0) is 23.3. The van der Waals surface area contributed by atoms with Gasteiger partial charge in [0.15, 0.2) is 0 Å². The summed E-state index contributed by atoms with van der Waals surface area (Å²) in [6.07, 6.45) is 12.4. The fourth-order valence-electron chi connectivity index (χ4n) is 10.5. The van der Waals surface area contributed by atoms with Gasteiger partial charge in [-0.05, 0) is 109 Å². The zero-order valence-corrected chi connectivity index (χ0v) is 21.3. The number of hydrogen-bond donors (Lipinski definition) is 2. The Morgan fingerprint density at radius 2 is 1.59 bits per heavy atom. The van der Waals surface area contributed by atoms with Crippen LogP contribution in [0.2, 0.25) is 0 Å². The fraction of sp³-hybridized carbons (Fsp3) is 0.897. The third-order valence-corrected chi connectivity index (χ3v) is 12.0. The molecule has 0 heterocycles. The molecular weight excluding hydrogens is 396 g/mol. The fourth-order valence-corrected chi connectivity index (χ4v) is 10.5. The molecule has 0 aliphatic heterocycles. The highest BCUT2D eigenvalue weighted by Crippen LogP contribution is 2.71. The topological polar surface area (TPSA) is 57.5 Å². The Kier molecular flexibility index (Phi) is 5.08. The summed E-state index contributed by atoms with van der Waals surface area (Å²) >= 11 is 0. The van der Waals surface area contributed by atoms with E-state index in [1.807, 2.05) is 0 Å². The van der Waals surface area contributed by atoms with Crippen LogP contribution in [-0.4, -0.2) is 22.3 Å². The molecule has 0 aromatic rings. The van der Waals surface area contributed by atoms with Crippen molar-refractivity contribution in [1.82, 2.24) is 0 Å². The first kappa shape index (κ1) is 22.9. The highest BCUT2D eigenvalue weighted by Gasteiger charge is 2.64. The lowest BCUT2D eigenvalue weighted by Gasteiger charge is -2.67. The molecule has 0 aromatic carbocycles. The Hall–Kier alpha value is -0.830. The van der Waals surface area contributed by atoms with Crippen LogP contribution >= 0.6 is 0 Å². The van der Waals surface area contributed by atoms with E-state index in [9.17, 15) is 15.0 Å². The summed E-state index contributed by atoms with van der Waals surface area (Å²) < 4.78 is 0. The number of fused-ring (bicyclic) bond motifs is 7. The van der Waals surface area contributed by atoms with Crippen LogP contribution in [0.3, 0.4) is 0 Å². The van der Waals surface area contributed by atoms with E-state index in [4.69, 9.17) is 0 Å². The van der Waals surface area contributed by atoms with Crippen molar-refractivity contribution in [2.24, 2.45) is 57.2 Å². The molecule has 3 nitrogen and oxygen atoms in total. The summed E-state index contributed by atoms with van der Waals surface area (Å²) in [7, 11) is 0. The maximum Gasteiger partial charge on any atom is 0.306 e. The number of rotatable bonds is 1. The van der Waals surface area contributed by atoms with Gasteiger partial charge in [0.25, 0.3) is 0 Å². The molecule has 0 saturated heterocycles. The maximum absolute atomic E-state index is 12.2. The summed E-state index contributed by atoms with van der Waals surface area (Å²) in [6, 6.07) is 0. The number of carbonyl (C=O) groups is 1. The van der Waals surface area contributed by atoms with E-state index in [-0.39, 0.29) is 22.9 Å². The quantitative estimate of drug-likeness (QED) is 0.444. The molecule has 0 radical (unpaired) electrons. The average molecular weight is 443 g/mol. The van der Waals surface area contributed by atoms with Gasteiger partial charge in [0.2, 0.25) is 0 Å². The van der Waals surface area contributed by atoms with Gasteiger partial charge in [-0.3, -0.25) is 4.79 Å². The van der Waals surface area contributed by atoms with E-state index in [1.165, 1.54) is 19.3 Å². The van der Waals surface area contributed by atoms with Crippen molar-refractivity contribution in [3.8, 4) is 0 Å². The molecule has 9 atom stereocenters. The number of aliphatic carboxylic acids is 1. The highest BCUT2D eigenvalue weighted by molar-refractivity contribution is 5.71. The predicted molar refractivity (Wildman–Crippen MR) is 128 cm³/mol. The number of allylic oxidation sites excluding steroid dienone is 2. The van der Waals surface area contributed by atoms with E-state index in [1.54, 1.807) is 5.57 Å². The summed E-state index contributed by atoms with van der Waals surface area (Å²) in [5, 5.41) is 20.9. The molecule has 0 amide bonds. The van der Waals surface area contributed by atoms with E-state index in [2.05, 4.69) is 47.6 Å². The summed E-state index contributed by atoms with van der Waals surface area (Å²) in [5.74, 6) is 1.95. The third-order valence-electron chi connectivity index (χ3n) is 12.0. The molecule has 5 rings (SSSR count). The van der Waals surface area contributed by atoms with Gasteiger partial charge in [-0.15, -0.1) is 0 Å². The Balaban J connectivity index is 1.51. The van der Waals surface area contributed by atoms with Crippen LogP contribution in [0.15, 0.2) is 11.6 Å². The largest absolute Gasteiger partial charge is 0.481 e. The second-order valence-electron chi connectivity index (χ2n) is 14.4. The minimum atomic E-state index is -0.567. The minimum Gasteiger partial charge on any atom is -0.481 e. The van der Waals surface area contributed by atoms with E-state index in [0.29, 0.717) is 40.4 Å². The molecule has 4 saturated carbocycles. The van der Waals surface area contributed by atoms with Crippen molar-refractivity contribution in [1.29, 1.82) is 0 Å². The van der Waals surface area contributed by atoms with E-state index >= 15 is 0 Å². The first-order valence-electron chi connectivity index (χ1n) is 13.4. The first-order chi connectivity index (χ1) is 14.8. The summed E-state index contributed by atoms with van der Waals surface area (Å²) in [5.41, 5.74) is 2.37. The van der Waals surface area contributed by atoms with Gasteiger partial charge in [-0.1, -0.05) is 53.2 Å². The second kappa shape index (κ2) is 7.09. The normalized spacial score (nSPS) is 51.3. The summed E-state index contributed by atoms with van der Waals surface area (Å²) in [6.45, 7) is 14.4. The molecule has 2 N–H and O–H groups in total. The summed E-state index contributed by atoms with van der Waals surface area (Å²) in [4.78, 5) is 12.2. The number of hydrogen-bond acceptors (Lipinski definition) is 2. The average Bonchev–Trinajstić information content (AvgIpc) is 2.69. The SMILES string of the molecule is CC1(C)CC2C3=CCC4[C@@](C)(CCC5C(C)(C)[C@@H](O)CC[C@@]54C)C3CCC2[C@H](C(=O)O)C1. The lowest BCUT2D eigenvalue weighted by molar-refractivity contribution is -0.185. The minimum absolute atomic E-state index is 0.00190. The Labute approximate surface area is 195 Å². The molecule has 32 heavy (non-hydrogen) atoms. The molecule has 5 aliphatic carbocycles. The highest BCUT2D eigenvalue weighted by atomic mass is 16.4. The Bertz CT molecular complexity index is 824. The molecule has 5 aliphatic rings. The van der Waals surface area contributed by atoms with Crippen molar-refractivity contribution in [3.05, 3.63) is 11.6 Å². The van der Waals surface area contributed by atoms with Gasteiger partial charge in [0.1, 0.15) is 0 Å². The van der Waals surface area contributed by atoms with Gasteiger partial charge in [-0.25, -0.2) is 0 Å². The molecule has 4 fully saturated rings. The molecule has 0 aromatic heterocycles. The third kappa shape index (κ3) is 3.05. The standard InChI is InChI=1S/C29H46O3/c1-26(2)15-19-17(20(16-26)25(31)32)7-9-21-18(19)8-10-23-28(21,5)13-11-22-27(3,4)24(30)12-14-29(22,23)6/h8,17,19-24,30H,7,9-16H2,1-6H3,(H,31,32)/t17?,19?,20-,21?,22?,23?,24+,28+,29+/m1/s1. The lowest BCUT2D eigenvalue weighted by Crippen LogP contribution is -2.61. The van der Waals surface area contributed by atoms with Crippen LogP contribution < -0.4 is 0 Å². The zero-order valence-electron chi connectivity index (χ0n) is 21.3. The van der Waals surface area contributed by atoms with Crippen molar-refractivity contribution >= 4 is 5.97 Å². The molecule has 5 unspecified atom stereocenters. The van der Waals surface area contributed by atoms with Crippen LogP contribution in [-0.2, 0) is 4.79 Å². The monoisotopic (exact) mass is 442 g/mol. The van der Waals surface area contributed by atoms with Gasteiger partial charge >= 0.3 is 5.97 Å². The molecular formula is C29H46O3. The molecule has 3 heteroatoms. The lowest BCUT2D eigenvalue weighted by atomic mass is 9.37. The van der Waals surface area contributed by atoms with Crippen molar-refractivity contribution < 1.29 is 15.0 Å². The van der Waals surface area contributed by atoms with E-state index < -0.39 is 5.97 Å². The van der Waals surface area contributed by atoms with Crippen LogP contribution in [0.5, 0.6) is 0 Å². The number of aliphatic hydroxyl groups excluding tert-OH is 1. The molecule has 0 bridgehead atoms. The molecule has 0 spiro atoms. The molecule has 180 valence electrons. The van der Waals surface area contributed by atoms with Gasteiger partial charge < -0.3 is 10.2 Å². The number of carboxylic acid groups (broad SMARTS) is 1. The van der Waals surface area contributed by atoms with E-state index in [0.717, 1.165) is 38.5 Å². The van der Waals surface area contributed by atoms with Crippen LogP contribution in [0, 0.1) is 57.2 Å². The first-order valence-corrected chi connectivity index (χ1v) is 13.4. The van der Waals surface area contributed by atoms with Crippen LogP contribution in [0.25, 0.3) is 0 Å². The van der Waals surface area contributed by atoms with Gasteiger partial charge in [0, 0.05) is 0 Å². The maximum atomic E-state index is 12.2. The van der Waals surface area contributed by atoms with Crippen molar-refractivity contribution in [3.63, 3.8) is 0 Å². The number of aliphatic hydroxyl groups is 1. The van der Waals surface area contributed by atoms with Crippen molar-refractivity contribution in [2.75, 3.05) is 0 Å². The Morgan fingerprint density at radius 3 is 2.28 bits per heavy atom. The van der Waals surface area contributed by atoms with Gasteiger partial charge in [0.05, 0.1) is 12.0 Å².